The largest absolute Gasteiger partial charge is 0.495 e. The summed E-state index contributed by atoms with van der Waals surface area (Å²) >= 11 is 0. The molecule has 1 N–H and O–H groups in total. The van der Waals surface area contributed by atoms with Crippen LogP contribution in [-0.4, -0.2) is 44.1 Å². The van der Waals surface area contributed by atoms with Crippen molar-refractivity contribution in [2.75, 3.05) is 19.5 Å². The van der Waals surface area contributed by atoms with Crippen molar-refractivity contribution in [3.05, 3.63) is 158 Å². The van der Waals surface area contributed by atoms with Gasteiger partial charge in [-0.25, -0.2) is 29.9 Å². The van der Waals surface area contributed by atoms with E-state index in [0.29, 0.717) is 46.4 Å². The minimum atomic E-state index is 0.534. The van der Waals surface area contributed by atoms with Crippen LogP contribution in [0.3, 0.4) is 0 Å². The van der Waals surface area contributed by atoms with E-state index in [9.17, 15) is 0 Å². The molecule has 6 aromatic carbocycles. The minimum Gasteiger partial charge on any atom is -0.495 e. The molecule has 0 spiro atoms. The zero-order valence-corrected chi connectivity index (χ0v) is 29.0. The Hall–Kier alpha value is -7.26. The standard InChI is InChI=1S/C44H33N7O2/c1-52-37-27-33(43-48-39(29-15-7-3-8-16-29)46-40(49-43)30-17-9-4-10-18-30)23-25-35(37)45-36-26-24-34(28-38(36)53-2)44-50-41(31-19-11-5-12-20-31)47-42(51-44)32-21-13-6-14-22-32/h3-28,45H,1-2H3. The van der Waals surface area contributed by atoms with Crippen molar-refractivity contribution < 1.29 is 9.47 Å². The average Bonchev–Trinajstić information content (AvgIpc) is 3.25. The lowest BCUT2D eigenvalue weighted by atomic mass is 10.1. The quantitative estimate of drug-likeness (QED) is 0.150. The topological polar surface area (TPSA) is 108 Å². The van der Waals surface area contributed by atoms with Crippen molar-refractivity contribution >= 4 is 11.4 Å². The van der Waals surface area contributed by atoms with Gasteiger partial charge >= 0.3 is 0 Å². The maximum atomic E-state index is 5.89. The summed E-state index contributed by atoms with van der Waals surface area (Å²) in [4.78, 5) is 29.1. The summed E-state index contributed by atoms with van der Waals surface area (Å²) in [6, 6.07) is 51.2. The third-order valence-electron chi connectivity index (χ3n) is 8.59. The minimum absolute atomic E-state index is 0.534. The van der Waals surface area contributed by atoms with Gasteiger partial charge in [-0.2, -0.15) is 0 Å². The van der Waals surface area contributed by atoms with Crippen molar-refractivity contribution in [1.29, 1.82) is 0 Å². The van der Waals surface area contributed by atoms with Gasteiger partial charge in [0, 0.05) is 33.4 Å². The number of hydrogen-bond donors (Lipinski definition) is 1. The second-order valence-corrected chi connectivity index (χ2v) is 12.0. The van der Waals surface area contributed by atoms with Gasteiger partial charge in [0.25, 0.3) is 0 Å². The average molecular weight is 692 g/mol. The number of ether oxygens (including phenoxy) is 2. The van der Waals surface area contributed by atoms with Gasteiger partial charge in [0.1, 0.15) is 11.5 Å². The summed E-state index contributed by atoms with van der Waals surface area (Å²) in [5.41, 5.74) is 6.65. The number of nitrogens with one attached hydrogen (secondary N) is 1. The summed E-state index contributed by atoms with van der Waals surface area (Å²) < 4.78 is 11.8. The number of aromatic nitrogens is 6. The van der Waals surface area contributed by atoms with Gasteiger partial charge in [0.05, 0.1) is 25.6 Å². The lowest BCUT2D eigenvalue weighted by molar-refractivity contribution is 0.414. The van der Waals surface area contributed by atoms with Gasteiger partial charge in [0.2, 0.25) is 0 Å². The second kappa shape index (κ2) is 14.9. The molecule has 9 heteroatoms. The highest BCUT2D eigenvalue weighted by molar-refractivity contribution is 5.78. The number of benzene rings is 6. The van der Waals surface area contributed by atoms with Crippen LogP contribution in [0.15, 0.2) is 158 Å². The number of rotatable bonds is 10. The predicted octanol–water partition coefficient (Wildman–Crippen LogP) is 9.82. The van der Waals surface area contributed by atoms with E-state index >= 15 is 0 Å². The Morgan fingerprint density at radius 2 is 0.585 bits per heavy atom. The number of anilines is 2. The van der Waals surface area contributed by atoms with Gasteiger partial charge < -0.3 is 14.8 Å². The molecule has 256 valence electrons. The molecule has 2 heterocycles. The van der Waals surface area contributed by atoms with Crippen LogP contribution in [0, 0.1) is 0 Å². The fourth-order valence-corrected chi connectivity index (χ4v) is 5.89. The number of nitrogens with zero attached hydrogens (tertiary/aromatic N) is 6. The first kappa shape index (κ1) is 32.9. The Labute approximate surface area is 307 Å². The molecule has 0 aliphatic heterocycles. The van der Waals surface area contributed by atoms with Crippen molar-refractivity contribution in [1.82, 2.24) is 29.9 Å². The highest BCUT2D eigenvalue weighted by Crippen LogP contribution is 2.37. The van der Waals surface area contributed by atoms with E-state index in [1.165, 1.54) is 0 Å². The van der Waals surface area contributed by atoms with E-state index < -0.39 is 0 Å². The summed E-state index contributed by atoms with van der Waals surface area (Å²) in [6.45, 7) is 0. The summed E-state index contributed by atoms with van der Waals surface area (Å²) in [7, 11) is 3.27. The fourth-order valence-electron chi connectivity index (χ4n) is 5.89. The first-order chi connectivity index (χ1) is 26.1. The maximum Gasteiger partial charge on any atom is 0.164 e. The normalized spacial score (nSPS) is 10.8. The Morgan fingerprint density at radius 1 is 0.321 bits per heavy atom. The summed E-state index contributed by atoms with van der Waals surface area (Å²) in [5, 5.41) is 3.49. The van der Waals surface area contributed by atoms with Crippen LogP contribution >= 0.6 is 0 Å². The lowest BCUT2D eigenvalue weighted by Gasteiger charge is -2.16. The molecular weight excluding hydrogens is 659 g/mol. The first-order valence-corrected chi connectivity index (χ1v) is 17.0. The molecule has 9 nitrogen and oxygen atoms in total. The lowest BCUT2D eigenvalue weighted by Crippen LogP contribution is -2.02. The Morgan fingerprint density at radius 3 is 0.849 bits per heavy atom. The van der Waals surface area contributed by atoms with Gasteiger partial charge in [-0.3, -0.25) is 0 Å². The molecule has 0 saturated carbocycles. The smallest absolute Gasteiger partial charge is 0.164 e. The maximum absolute atomic E-state index is 5.89. The fraction of sp³-hybridized carbons (Fsp3) is 0.0455. The van der Waals surface area contributed by atoms with Crippen molar-refractivity contribution in [3.63, 3.8) is 0 Å². The van der Waals surface area contributed by atoms with E-state index in [4.69, 9.17) is 39.4 Å². The van der Waals surface area contributed by atoms with Crippen LogP contribution in [0.1, 0.15) is 0 Å². The highest BCUT2D eigenvalue weighted by atomic mass is 16.5. The van der Waals surface area contributed by atoms with E-state index in [1.807, 2.05) is 158 Å². The van der Waals surface area contributed by atoms with Crippen LogP contribution in [-0.2, 0) is 0 Å². The van der Waals surface area contributed by atoms with Gasteiger partial charge in [-0.15, -0.1) is 0 Å². The van der Waals surface area contributed by atoms with E-state index in [0.717, 1.165) is 44.8 Å². The van der Waals surface area contributed by atoms with Crippen LogP contribution in [0.25, 0.3) is 68.3 Å². The van der Waals surface area contributed by atoms with Crippen molar-refractivity contribution in [3.8, 4) is 79.8 Å². The molecule has 8 aromatic rings. The molecule has 0 radical (unpaired) electrons. The van der Waals surface area contributed by atoms with Crippen LogP contribution in [0.4, 0.5) is 11.4 Å². The molecule has 0 saturated heterocycles. The molecule has 0 bridgehead atoms. The van der Waals surface area contributed by atoms with Crippen molar-refractivity contribution in [2.45, 2.75) is 0 Å². The molecule has 0 unspecified atom stereocenters. The third-order valence-corrected chi connectivity index (χ3v) is 8.59. The van der Waals surface area contributed by atoms with Crippen LogP contribution < -0.4 is 14.8 Å². The first-order valence-electron chi connectivity index (χ1n) is 17.0. The molecule has 0 aliphatic rings. The monoisotopic (exact) mass is 691 g/mol. The predicted molar refractivity (Wildman–Crippen MR) is 209 cm³/mol. The highest BCUT2D eigenvalue weighted by Gasteiger charge is 2.17. The molecular formula is C44H33N7O2. The van der Waals surface area contributed by atoms with E-state index in [1.54, 1.807) is 14.2 Å². The molecule has 0 fully saturated rings. The Kier molecular flexibility index (Phi) is 9.27. The molecule has 0 aliphatic carbocycles. The molecule has 0 amide bonds. The summed E-state index contributed by atoms with van der Waals surface area (Å²) in [5.74, 6) is 4.63. The van der Waals surface area contributed by atoms with Gasteiger partial charge in [0.15, 0.2) is 34.9 Å². The van der Waals surface area contributed by atoms with E-state index in [2.05, 4.69) is 5.32 Å². The molecule has 53 heavy (non-hydrogen) atoms. The van der Waals surface area contributed by atoms with Crippen molar-refractivity contribution in [2.24, 2.45) is 0 Å². The number of hydrogen-bond acceptors (Lipinski definition) is 9. The van der Waals surface area contributed by atoms with E-state index in [-0.39, 0.29) is 0 Å². The third kappa shape index (κ3) is 7.17. The SMILES string of the molecule is COc1cc(-c2nc(-c3ccccc3)nc(-c3ccccc3)n2)ccc1Nc1ccc(-c2nc(-c3ccccc3)nc(-c3ccccc3)n2)cc1OC. The second-order valence-electron chi connectivity index (χ2n) is 12.0. The van der Waals surface area contributed by atoms with Crippen LogP contribution in [0.2, 0.25) is 0 Å². The molecule has 2 aromatic heterocycles. The molecule has 8 rings (SSSR count). The number of methoxy groups -OCH3 is 2. The zero-order valence-electron chi connectivity index (χ0n) is 29.0. The van der Waals surface area contributed by atoms with Gasteiger partial charge in [-0.1, -0.05) is 121 Å². The molecule has 0 atom stereocenters. The summed E-state index contributed by atoms with van der Waals surface area (Å²) in [6.07, 6.45) is 0. The Bertz CT molecular complexity index is 2210. The Balaban J connectivity index is 1.13. The zero-order chi connectivity index (χ0) is 36.0. The van der Waals surface area contributed by atoms with Crippen LogP contribution in [0.5, 0.6) is 11.5 Å². The van der Waals surface area contributed by atoms with Gasteiger partial charge in [-0.05, 0) is 36.4 Å².